The lowest BCUT2D eigenvalue weighted by molar-refractivity contribution is 0.0227. The zero-order valence-corrected chi connectivity index (χ0v) is 13.8. The summed E-state index contributed by atoms with van der Waals surface area (Å²) in [6, 6.07) is 9.54. The monoisotopic (exact) mass is 331 g/mol. The van der Waals surface area contributed by atoms with Crippen molar-refractivity contribution < 1.29 is 14.3 Å². The lowest BCUT2D eigenvalue weighted by atomic mass is 10.2. The molecule has 0 spiro atoms. The van der Waals surface area contributed by atoms with Gasteiger partial charge in [0.15, 0.2) is 0 Å². The Hall–Kier alpha value is -2.34. The number of rotatable bonds is 7. The molecule has 3 N–H and O–H groups in total. The molecule has 1 fully saturated rings. The fraction of sp³-hybridized carbons (Fsp3) is 0.444. The first-order chi connectivity index (χ1) is 11.7. The number of hydrogen-bond acceptors (Lipinski definition) is 5. The summed E-state index contributed by atoms with van der Waals surface area (Å²) >= 11 is 0. The van der Waals surface area contributed by atoms with E-state index in [1.165, 1.54) is 0 Å². The van der Waals surface area contributed by atoms with Gasteiger partial charge in [0.25, 0.3) is 0 Å². The Balaban J connectivity index is 1.59. The summed E-state index contributed by atoms with van der Waals surface area (Å²) in [5.41, 5.74) is 7.48. The first kappa shape index (κ1) is 18.0. The van der Waals surface area contributed by atoms with Crippen molar-refractivity contribution in [1.29, 1.82) is 0 Å². The molecule has 24 heavy (non-hydrogen) atoms. The number of carbonyl (C=O) groups is 1. The maximum atomic E-state index is 11.6. The van der Waals surface area contributed by atoms with Crippen LogP contribution in [0.25, 0.3) is 0 Å². The Kier molecular flexibility index (Phi) is 7.83. The highest BCUT2D eigenvalue weighted by Crippen LogP contribution is 2.12. The molecule has 1 aromatic carbocycles. The summed E-state index contributed by atoms with van der Waals surface area (Å²) in [5.74, 6) is 0. The molecule has 0 aromatic heterocycles. The summed E-state index contributed by atoms with van der Waals surface area (Å²) < 4.78 is 10.6. The van der Waals surface area contributed by atoms with Crippen molar-refractivity contribution in [2.24, 2.45) is 10.7 Å². The van der Waals surface area contributed by atoms with Crippen LogP contribution in [-0.4, -0.2) is 31.7 Å². The van der Waals surface area contributed by atoms with E-state index >= 15 is 0 Å². The van der Waals surface area contributed by atoms with E-state index in [9.17, 15) is 4.79 Å². The molecule has 1 atom stereocenters. The van der Waals surface area contributed by atoms with Crippen LogP contribution in [0.1, 0.15) is 31.2 Å². The molecular formula is C18H25N3O3. The minimum Gasteiger partial charge on any atom is -0.445 e. The van der Waals surface area contributed by atoms with Crippen LogP contribution in [0.2, 0.25) is 0 Å². The van der Waals surface area contributed by atoms with Gasteiger partial charge in [-0.2, -0.15) is 0 Å². The van der Waals surface area contributed by atoms with Gasteiger partial charge in [0, 0.05) is 31.5 Å². The zero-order chi connectivity index (χ0) is 17.0. The van der Waals surface area contributed by atoms with Crippen molar-refractivity contribution in [2.75, 3.05) is 13.2 Å². The van der Waals surface area contributed by atoms with Gasteiger partial charge in [0.05, 0.1) is 0 Å². The van der Waals surface area contributed by atoms with Crippen molar-refractivity contribution in [3.8, 4) is 0 Å². The number of carbonyl (C=O) groups excluding carboxylic acids is 1. The van der Waals surface area contributed by atoms with Crippen LogP contribution in [0.15, 0.2) is 47.1 Å². The fourth-order valence-electron chi connectivity index (χ4n) is 2.24. The molecule has 6 heteroatoms. The van der Waals surface area contributed by atoms with E-state index in [-0.39, 0.29) is 12.8 Å². The molecule has 1 aliphatic heterocycles. The molecule has 1 unspecified atom stereocenters. The van der Waals surface area contributed by atoms with Crippen LogP contribution >= 0.6 is 0 Å². The smallest absolute Gasteiger partial charge is 0.407 e. The largest absolute Gasteiger partial charge is 0.445 e. The molecule has 1 saturated heterocycles. The molecule has 1 aromatic rings. The quantitative estimate of drug-likeness (QED) is 0.752. The molecule has 6 nitrogen and oxygen atoms in total. The Morgan fingerprint density at radius 2 is 2.21 bits per heavy atom. The Morgan fingerprint density at radius 1 is 1.38 bits per heavy atom. The van der Waals surface area contributed by atoms with Crippen LogP contribution in [0.4, 0.5) is 4.79 Å². The van der Waals surface area contributed by atoms with Crippen LogP contribution < -0.4 is 11.1 Å². The van der Waals surface area contributed by atoms with Crippen molar-refractivity contribution in [2.45, 2.75) is 38.5 Å². The van der Waals surface area contributed by atoms with Gasteiger partial charge in [-0.15, -0.1) is 0 Å². The lowest BCUT2D eigenvalue weighted by Gasteiger charge is -2.18. The number of nitrogens with zero attached hydrogens (tertiary/aromatic N) is 1. The van der Waals surface area contributed by atoms with E-state index < -0.39 is 6.09 Å². The highest BCUT2D eigenvalue weighted by molar-refractivity contribution is 5.72. The summed E-state index contributed by atoms with van der Waals surface area (Å²) in [6.07, 6.45) is 6.68. The fourth-order valence-corrected chi connectivity index (χ4v) is 2.24. The van der Waals surface area contributed by atoms with Crippen LogP contribution in [-0.2, 0) is 16.1 Å². The number of ether oxygens (including phenoxy) is 2. The maximum absolute atomic E-state index is 11.6. The molecule has 130 valence electrons. The number of amides is 1. The number of aliphatic imine (C=N–C) groups is 1. The highest BCUT2D eigenvalue weighted by atomic mass is 16.5. The first-order valence-corrected chi connectivity index (χ1v) is 8.28. The average molecular weight is 331 g/mol. The average Bonchev–Trinajstić information content (AvgIpc) is 2.62. The zero-order valence-electron chi connectivity index (χ0n) is 13.8. The van der Waals surface area contributed by atoms with E-state index in [1.807, 2.05) is 30.3 Å². The van der Waals surface area contributed by atoms with Crippen LogP contribution in [0.3, 0.4) is 0 Å². The summed E-state index contributed by atoms with van der Waals surface area (Å²) in [5, 5.41) is 2.67. The third-order valence-electron chi connectivity index (χ3n) is 3.59. The van der Waals surface area contributed by atoms with E-state index in [0.717, 1.165) is 31.4 Å². The van der Waals surface area contributed by atoms with Crippen molar-refractivity contribution in [3.63, 3.8) is 0 Å². The second-order valence-corrected chi connectivity index (χ2v) is 5.60. The summed E-state index contributed by atoms with van der Waals surface area (Å²) in [4.78, 5) is 15.9. The second kappa shape index (κ2) is 10.4. The van der Waals surface area contributed by atoms with Crippen LogP contribution in [0.5, 0.6) is 0 Å². The van der Waals surface area contributed by atoms with Gasteiger partial charge in [0.1, 0.15) is 12.8 Å². The van der Waals surface area contributed by atoms with Crippen molar-refractivity contribution in [3.05, 3.63) is 47.7 Å². The number of nitrogens with two attached hydrogens (primary N) is 1. The van der Waals surface area contributed by atoms with Crippen molar-refractivity contribution >= 4 is 12.3 Å². The van der Waals surface area contributed by atoms with Gasteiger partial charge < -0.3 is 20.5 Å². The van der Waals surface area contributed by atoms with Gasteiger partial charge in [-0.3, -0.25) is 4.99 Å². The number of alkyl carbamates (subject to hydrolysis) is 1. The van der Waals surface area contributed by atoms with Crippen molar-refractivity contribution in [1.82, 2.24) is 5.32 Å². The van der Waals surface area contributed by atoms with E-state index in [2.05, 4.69) is 10.3 Å². The minimum atomic E-state index is -0.448. The predicted molar refractivity (Wildman–Crippen MR) is 93.6 cm³/mol. The second-order valence-electron chi connectivity index (χ2n) is 5.60. The molecular weight excluding hydrogens is 306 g/mol. The van der Waals surface area contributed by atoms with Gasteiger partial charge in [-0.1, -0.05) is 30.3 Å². The van der Waals surface area contributed by atoms with E-state index in [1.54, 1.807) is 12.3 Å². The molecule has 0 bridgehead atoms. The molecule has 1 aliphatic rings. The predicted octanol–water partition coefficient (Wildman–Crippen LogP) is 2.74. The maximum Gasteiger partial charge on any atom is 0.407 e. The van der Waals surface area contributed by atoms with Gasteiger partial charge in [-0.25, -0.2) is 4.79 Å². The Labute approximate surface area is 142 Å². The molecule has 1 amide bonds. The standard InChI is InChI=1S/C18H25N3O3/c19-16(9-11-20-17-8-4-5-13-23-17)10-12-21-18(22)24-14-15-6-2-1-3-7-15/h1-3,6-7,9,11,17H,4-5,8,10,12-14,19H2,(H,21,22). The molecule has 0 radical (unpaired) electrons. The number of benzene rings is 1. The molecule has 2 rings (SSSR count). The minimum absolute atomic E-state index is 0.0473. The Morgan fingerprint density at radius 3 is 2.96 bits per heavy atom. The third-order valence-corrected chi connectivity index (χ3v) is 3.59. The number of allylic oxidation sites excluding steroid dienone is 1. The van der Waals surface area contributed by atoms with Gasteiger partial charge in [0.2, 0.25) is 0 Å². The first-order valence-electron chi connectivity index (χ1n) is 8.28. The Bertz CT molecular complexity index is 552. The molecule has 0 aliphatic carbocycles. The summed E-state index contributed by atoms with van der Waals surface area (Å²) in [6.45, 7) is 1.45. The molecule has 0 saturated carbocycles. The SMILES string of the molecule is NC(=CC=NC1CCCCO1)CCNC(=O)OCc1ccccc1. The topological polar surface area (TPSA) is 85.9 Å². The third kappa shape index (κ3) is 7.28. The summed E-state index contributed by atoms with van der Waals surface area (Å²) in [7, 11) is 0. The van der Waals surface area contributed by atoms with Gasteiger partial charge >= 0.3 is 6.09 Å². The van der Waals surface area contributed by atoms with E-state index in [0.29, 0.717) is 18.7 Å². The van der Waals surface area contributed by atoms with Gasteiger partial charge in [-0.05, 0) is 30.9 Å². The highest BCUT2D eigenvalue weighted by Gasteiger charge is 2.10. The van der Waals surface area contributed by atoms with E-state index in [4.69, 9.17) is 15.2 Å². The van der Waals surface area contributed by atoms with Crippen LogP contribution in [0, 0.1) is 0 Å². The number of hydrogen-bond donors (Lipinski definition) is 2. The lowest BCUT2D eigenvalue weighted by Crippen LogP contribution is -2.26. The number of nitrogens with one attached hydrogen (secondary N) is 1. The normalized spacial score (nSPS) is 18.5. The molecule has 1 heterocycles.